The zero-order valence-corrected chi connectivity index (χ0v) is 17.3. The van der Waals surface area contributed by atoms with Crippen molar-refractivity contribution in [3.8, 4) is 0 Å². The Bertz CT molecular complexity index is 797. The summed E-state index contributed by atoms with van der Waals surface area (Å²) in [5, 5.41) is 11.6. The molecule has 1 fully saturated rings. The summed E-state index contributed by atoms with van der Waals surface area (Å²) in [6.45, 7) is 5.77. The van der Waals surface area contributed by atoms with Crippen molar-refractivity contribution in [2.45, 2.75) is 39.3 Å². The smallest absolute Gasteiger partial charge is 0.308 e. The maximum absolute atomic E-state index is 11.8. The first-order valence-electron chi connectivity index (χ1n) is 10.2. The second-order valence-electron chi connectivity index (χ2n) is 7.13. The van der Waals surface area contributed by atoms with Gasteiger partial charge in [0.1, 0.15) is 12.2 Å². The molecule has 8 nitrogen and oxygen atoms in total. The Hall–Kier alpha value is -2.90. The first-order chi connectivity index (χ1) is 14.2. The molecule has 1 N–H and O–H groups in total. The van der Waals surface area contributed by atoms with Crippen LogP contribution in [-0.2, 0) is 29.0 Å². The van der Waals surface area contributed by atoms with E-state index in [0.29, 0.717) is 6.54 Å². The van der Waals surface area contributed by atoms with Gasteiger partial charge < -0.3 is 19.5 Å². The molecular weight excluding hydrogens is 368 g/mol. The predicted molar refractivity (Wildman–Crippen MR) is 111 cm³/mol. The van der Waals surface area contributed by atoms with Crippen LogP contribution in [0.4, 0.5) is 0 Å². The average molecular weight is 399 g/mol. The van der Waals surface area contributed by atoms with Gasteiger partial charge in [-0.25, -0.2) is 4.99 Å². The van der Waals surface area contributed by atoms with Crippen molar-refractivity contribution in [1.29, 1.82) is 0 Å². The van der Waals surface area contributed by atoms with Gasteiger partial charge in [-0.2, -0.15) is 0 Å². The number of nitrogens with zero attached hydrogens (tertiary/aromatic N) is 5. The number of hydrogen-bond donors (Lipinski definition) is 1. The highest BCUT2D eigenvalue weighted by Gasteiger charge is 2.27. The fraction of sp³-hybridized carbons (Fsp3) is 0.524. The number of nitrogens with one attached hydrogen (secondary N) is 1. The van der Waals surface area contributed by atoms with Crippen LogP contribution in [0.25, 0.3) is 0 Å². The van der Waals surface area contributed by atoms with Crippen LogP contribution < -0.4 is 5.32 Å². The molecular formula is C21H30N6O2. The molecule has 0 bridgehead atoms. The summed E-state index contributed by atoms with van der Waals surface area (Å²) in [4.78, 5) is 18.9. The summed E-state index contributed by atoms with van der Waals surface area (Å²) in [5.41, 5.74) is 1.17. The molecule has 1 aromatic heterocycles. The second-order valence-corrected chi connectivity index (χ2v) is 7.13. The number of aromatic nitrogens is 3. The minimum Gasteiger partial charge on any atom is -0.469 e. The maximum atomic E-state index is 11.8. The molecule has 0 unspecified atom stereocenters. The van der Waals surface area contributed by atoms with E-state index in [0.717, 1.165) is 57.2 Å². The molecule has 0 atom stereocenters. The standard InChI is InChI=1S/C21H30N6O2/c1-3-19-25-24-16-27(19)14-11-22-21(23-15-17-7-5-4-6-8-17)26-12-9-18(10-13-26)20(28)29-2/h4-8,16,18H,3,9-15H2,1-2H3,(H,22,23). The Kier molecular flexibility index (Phi) is 7.61. The quantitative estimate of drug-likeness (QED) is 0.435. The fourth-order valence-corrected chi connectivity index (χ4v) is 3.54. The van der Waals surface area contributed by atoms with Crippen molar-refractivity contribution in [3.05, 3.63) is 48.0 Å². The Morgan fingerprint density at radius 3 is 2.72 bits per heavy atom. The number of carbonyl (C=O) groups is 1. The van der Waals surface area contributed by atoms with Gasteiger partial charge in [-0.1, -0.05) is 37.3 Å². The summed E-state index contributed by atoms with van der Waals surface area (Å²) in [6.07, 6.45) is 4.19. The van der Waals surface area contributed by atoms with Crippen LogP contribution in [0.15, 0.2) is 41.7 Å². The number of guanidine groups is 1. The summed E-state index contributed by atoms with van der Waals surface area (Å²) >= 11 is 0. The number of esters is 1. The van der Waals surface area contributed by atoms with E-state index < -0.39 is 0 Å². The predicted octanol–water partition coefficient (Wildman–Crippen LogP) is 1.87. The molecule has 0 aliphatic carbocycles. The number of aliphatic imine (C=N–C) groups is 1. The van der Waals surface area contributed by atoms with E-state index in [1.165, 1.54) is 12.7 Å². The molecule has 29 heavy (non-hydrogen) atoms. The molecule has 8 heteroatoms. The largest absolute Gasteiger partial charge is 0.469 e. The molecule has 1 aliphatic rings. The van der Waals surface area contributed by atoms with Crippen molar-refractivity contribution >= 4 is 11.9 Å². The number of piperidine rings is 1. The molecule has 0 amide bonds. The highest BCUT2D eigenvalue weighted by Crippen LogP contribution is 2.18. The number of aryl methyl sites for hydroxylation is 1. The first-order valence-corrected chi connectivity index (χ1v) is 10.2. The number of likely N-dealkylation sites (tertiary alicyclic amines) is 1. The van der Waals surface area contributed by atoms with E-state index in [9.17, 15) is 4.79 Å². The van der Waals surface area contributed by atoms with Crippen molar-refractivity contribution < 1.29 is 9.53 Å². The van der Waals surface area contributed by atoms with Gasteiger partial charge >= 0.3 is 5.97 Å². The van der Waals surface area contributed by atoms with E-state index in [2.05, 4.69) is 44.0 Å². The SMILES string of the molecule is CCc1nncn1CCNC(=NCc1ccccc1)N1CCC(C(=O)OC)CC1. The molecule has 2 heterocycles. The van der Waals surface area contributed by atoms with Gasteiger partial charge in [-0.05, 0) is 18.4 Å². The number of rotatable bonds is 7. The fourth-order valence-electron chi connectivity index (χ4n) is 3.54. The van der Waals surface area contributed by atoms with Crippen molar-refractivity contribution in [2.75, 3.05) is 26.7 Å². The highest BCUT2D eigenvalue weighted by atomic mass is 16.5. The monoisotopic (exact) mass is 398 g/mol. The van der Waals surface area contributed by atoms with Gasteiger partial charge in [-0.3, -0.25) is 4.79 Å². The lowest BCUT2D eigenvalue weighted by Crippen LogP contribution is -2.47. The molecule has 2 aromatic rings. The van der Waals surface area contributed by atoms with Gasteiger partial charge in [0.15, 0.2) is 5.96 Å². The Labute approximate surface area is 172 Å². The van der Waals surface area contributed by atoms with E-state index in [4.69, 9.17) is 9.73 Å². The average Bonchev–Trinajstić information content (AvgIpc) is 3.24. The third-order valence-corrected chi connectivity index (χ3v) is 5.23. The van der Waals surface area contributed by atoms with Gasteiger partial charge in [0.2, 0.25) is 0 Å². The number of methoxy groups -OCH3 is 1. The van der Waals surface area contributed by atoms with Crippen LogP contribution in [0.5, 0.6) is 0 Å². The molecule has 1 aliphatic heterocycles. The van der Waals surface area contributed by atoms with Gasteiger partial charge in [0.05, 0.1) is 19.6 Å². The molecule has 0 radical (unpaired) electrons. The van der Waals surface area contributed by atoms with Crippen LogP contribution in [0.1, 0.15) is 31.2 Å². The van der Waals surface area contributed by atoms with E-state index >= 15 is 0 Å². The minimum atomic E-state index is -0.111. The van der Waals surface area contributed by atoms with Gasteiger partial charge in [0, 0.05) is 32.6 Å². The molecule has 1 aromatic carbocycles. The zero-order chi connectivity index (χ0) is 20.5. The number of ether oxygens (including phenoxy) is 1. The lowest BCUT2D eigenvalue weighted by atomic mass is 9.97. The van der Waals surface area contributed by atoms with Crippen LogP contribution in [0.2, 0.25) is 0 Å². The first kappa shape index (κ1) is 20.8. The summed E-state index contributed by atoms with van der Waals surface area (Å²) in [7, 11) is 1.46. The summed E-state index contributed by atoms with van der Waals surface area (Å²) in [6, 6.07) is 10.2. The Morgan fingerprint density at radius 2 is 2.03 bits per heavy atom. The molecule has 3 rings (SSSR count). The Morgan fingerprint density at radius 1 is 1.28 bits per heavy atom. The van der Waals surface area contributed by atoms with E-state index in [-0.39, 0.29) is 11.9 Å². The zero-order valence-electron chi connectivity index (χ0n) is 17.3. The lowest BCUT2D eigenvalue weighted by molar-refractivity contribution is -0.146. The molecule has 0 spiro atoms. The lowest BCUT2D eigenvalue weighted by Gasteiger charge is -2.33. The highest BCUT2D eigenvalue weighted by molar-refractivity contribution is 5.80. The third kappa shape index (κ3) is 5.79. The summed E-state index contributed by atoms with van der Waals surface area (Å²) < 4.78 is 6.96. The van der Waals surface area contributed by atoms with Crippen molar-refractivity contribution in [3.63, 3.8) is 0 Å². The van der Waals surface area contributed by atoms with Crippen LogP contribution >= 0.6 is 0 Å². The van der Waals surface area contributed by atoms with Crippen molar-refractivity contribution in [2.24, 2.45) is 10.9 Å². The summed E-state index contributed by atoms with van der Waals surface area (Å²) in [5.74, 6) is 1.73. The van der Waals surface area contributed by atoms with Crippen LogP contribution in [0.3, 0.4) is 0 Å². The maximum Gasteiger partial charge on any atom is 0.308 e. The molecule has 1 saturated heterocycles. The Balaban J connectivity index is 1.62. The minimum absolute atomic E-state index is 0.0178. The number of benzene rings is 1. The molecule has 156 valence electrons. The van der Waals surface area contributed by atoms with Gasteiger partial charge in [0.25, 0.3) is 0 Å². The number of hydrogen-bond acceptors (Lipinski definition) is 5. The third-order valence-electron chi connectivity index (χ3n) is 5.23. The molecule has 0 saturated carbocycles. The van der Waals surface area contributed by atoms with Crippen LogP contribution in [-0.4, -0.2) is 58.3 Å². The second kappa shape index (κ2) is 10.6. The van der Waals surface area contributed by atoms with E-state index in [1.54, 1.807) is 6.33 Å². The normalized spacial score (nSPS) is 15.4. The number of carbonyl (C=O) groups excluding carboxylic acids is 1. The van der Waals surface area contributed by atoms with Crippen molar-refractivity contribution in [1.82, 2.24) is 25.0 Å². The van der Waals surface area contributed by atoms with Crippen LogP contribution in [0, 0.1) is 5.92 Å². The topological polar surface area (TPSA) is 84.6 Å². The van der Waals surface area contributed by atoms with Gasteiger partial charge in [-0.15, -0.1) is 10.2 Å². The van der Waals surface area contributed by atoms with E-state index in [1.807, 2.05) is 18.2 Å².